The van der Waals surface area contributed by atoms with Crippen LogP contribution in [0, 0.1) is 0 Å². The van der Waals surface area contributed by atoms with Crippen molar-refractivity contribution in [2.45, 2.75) is 16.6 Å². The monoisotopic (exact) mass is 366 g/mol. The number of thiophene rings is 1. The predicted octanol–water partition coefficient (Wildman–Crippen LogP) is 4.39. The number of H-pyrrole nitrogens is 1. The van der Waals surface area contributed by atoms with Gasteiger partial charge in [0.1, 0.15) is 6.33 Å². The van der Waals surface area contributed by atoms with Crippen LogP contribution in [0.25, 0.3) is 0 Å². The third-order valence-corrected chi connectivity index (χ3v) is 5.15. The van der Waals surface area contributed by atoms with Crippen LogP contribution in [0.3, 0.4) is 0 Å². The van der Waals surface area contributed by atoms with Gasteiger partial charge in [0.15, 0.2) is 5.16 Å². The van der Waals surface area contributed by atoms with Gasteiger partial charge in [0.05, 0.1) is 0 Å². The number of benzene rings is 1. The van der Waals surface area contributed by atoms with Gasteiger partial charge in [-0.05, 0) is 46.3 Å². The maximum absolute atomic E-state index is 4.09. The molecule has 2 heterocycles. The normalized spacial score (nSPS) is 10.7. The molecule has 0 spiro atoms. The molecule has 4 nitrogen and oxygen atoms in total. The molecule has 0 aliphatic heterocycles. The minimum Gasteiger partial charge on any atom is -0.380 e. The van der Waals surface area contributed by atoms with Crippen LogP contribution >= 0.6 is 39.0 Å². The smallest absolute Gasteiger partial charge is 0.188 e. The second-order valence-electron chi connectivity index (χ2n) is 4.00. The van der Waals surface area contributed by atoms with Gasteiger partial charge in [-0.15, -0.1) is 11.3 Å². The lowest BCUT2D eigenvalue weighted by atomic mass is 10.3. The average molecular weight is 367 g/mol. The molecule has 20 heavy (non-hydrogen) atoms. The highest BCUT2D eigenvalue weighted by Crippen LogP contribution is 2.26. The summed E-state index contributed by atoms with van der Waals surface area (Å²) in [7, 11) is 0. The molecule has 2 N–H and O–H groups in total. The van der Waals surface area contributed by atoms with E-state index in [-0.39, 0.29) is 0 Å². The fourth-order valence-electron chi connectivity index (χ4n) is 1.63. The molecule has 0 atom stereocenters. The van der Waals surface area contributed by atoms with Crippen LogP contribution in [0.15, 0.2) is 56.6 Å². The first-order valence-electron chi connectivity index (χ1n) is 5.90. The molecule has 3 aromatic rings. The van der Waals surface area contributed by atoms with Crippen molar-refractivity contribution < 1.29 is 0 Å². The summed E-state index contributed by atoms with van der Waals surface area (Å²) >= 11 is 6.76. The highest BCUT2D eigenvalue weighted by Gasteiger charge is 2.01. The highest BCUT2D eigenvalue weighted by molar-refractivity contribution is 9.10. The van der Waals surface area contributed by atoms with Crippen molar-refractivity contribution in [1.82, 2.24) is 15.2 Å². The maximum atomic E-state index is 4.09. The van der Waals surface area contributed by atoms with Crippen molar-refractivity contribution in [1.29, 1.82) is 0 Å². The lowest BCUT2D eigenvalue weighted by molar-refractivity contribution is 0.973. The van der Waals surface area contributed by atoms with E-state index >= 15 is 0 Å². The molecule has 0 aliphatic carbocycles. The third kappa shape index (κ3) is 3.62. The van der Waals surface area contributed by atoms with Crippen LogP contribution in [0.4, 0.5) is 5.69 Å². The molecule has 0 fully saturated rings. The average Bonchev–Trinajstić information content (AvgIpc) is 3.10. The van der Waals surface area contributed by atoms with E-state index in [1.54, 1.807) is 23.1 Å². The second-order valence-corrected chi connectivity index (χ2v) is 6.98. The quantitative estimate of drug-likeness (QED) is 0.702. The molecule has 3 rings (SSSR count). The number of anilines is 1. The number of halogens is 1. The number of aromatic nitrogens is 3. The Balaban J connectivity index is 1.58. The van der Waals surface area contributed by atoms with E-state index < -0.39 is 0 Å². The fraction of sp³-hybridized carbons (Fsp3) is 0.0769. The molecule has 0 aliphatic rings. The van der Waals surface area contributed by atoms with Crippen LogP contribution in [0.5, 0.6) is 0 Å². The summed E-state index contributed by atoms with van der Waals surface area (Å²) in [6, 6.07) is 10.4. The van der Waals surface area contributed by atoms with Gasteiger partial charge in [0.2, 0.25) is 0 Å². The Hall–Kier alpha value is -1.31. The van der Waals surface area contributed by atoms with E-state index in [2.05, 4.69) is 72.1 Å². The standard InChI is InChI=1S/C13H11BrN4S2/c14-9-5-12(19-7-9)6-15-10-1-3-11(4-2-10)20-13-16-8-17-18-13/h1-5,7-8,15H,6H2,(H,16,17,18). The van der Waals surface area contributed by atoms with Crippen molar-refractivity contribution >= 4 is 44.7 Å². The number of hydrogen-bond donors (Lipinski definition) is 2. The van der Waals surface area contributed by atoms with Crippen molar-refractivity contribution in [3.63, 3.8) is 0 Å². The fourth-order valence-corrected chi connectivity index (χ4v) is 3.72. The topological polar surface area (TPSA) is 53.6 Å². The summed E-state index contributed by atoms with van der Waals surface area (Å²) in [4.78, 5) is 6.52. The van der Waals surface area contributed by atoms with E-state index in [0.717, 1.165) is 26.8 Å². The van der Waals surface area contributed by atoms with Crippen molar-refractivity contribution in [3.8, 4) is 0 Å². The van der Waals surface area contributed by atoms with Crippen LogP contribution in [0.1, 0.15) is 4.88 Å². The van der Waals surface area contributed by atoms with Crippen LogP contribution in [0.2, 0.25) is 0 Å². The molecule has 2 aromatic heterocycles. The summed E-state index contributed by atoms with van der Waals surface area (Å²) in [5, 5.41) is 13.0. The van der Waals surface area contributed by atoms with Crippen LogP contribution in [-0.4, -0.2) is 15.2 Å². The van der Waals surface area contributed by atoms with Crippen molar-refractivity contribution in [2.75, 3.05) is 5.32 Å². The first kappa shape index (κ1) is 13.7. The number of rotatable bonds is 5. The summed E-state index contributed by atoms with van der Waals surface area (Å²) in [6.07, 6.45) is 1.51. The summed E-state index contributed by atoms with van der Waals surface area (Å²) in [5.41, 5.74) is 1.11. The zero-order valence-corrected chi connectivity index (χ0v) is 13.6. The molecule has 0 radical (unpaired) electrons. The minimum atomic E-state index is 0.800. The Morgan fingerprint density at radius 2 is 2.15 bits per heavy atom. The maximum Gasteiger partial charge on any atom is 0.188 e. The Bertz CT molecular complexity index is 664. The third-order valence-electron chi connectivity index (χ3n) is 2.55. The van der Waals surface area contributed by atoms with Gasteiger partial charge in [0.25, 0.3) is 0 Å². The van der Waals surface area contributed by atoms with E-state index in [4.69, 9.17) is 0 Å². The first-order valence-corrected chi connectivity index (χ1v) is 8.38. The molecule has 102 valence electrons. The molecule has 0 bridgehead atoms. The highest BCUT2D eigenvalue weighted by atomic mass is 79.9. The van der Waals surface area contributed by atoms with Crippen molar-refractivity contribution in [2.24, 2.45) is 0 Å². The second kappa shape index (κ2) is 6.43. The Morgan fingerprint density at radius 1 is 1.30 bits per heavy atom. The van der Waals surface area contributed by atoms with Crippen molar-refractivity contribution in [3.05, 3.63) is 51.4 Å². The van der Waals surface area contributed by atoms with Gasteiger partial charge in [0, 0.05) is 31.9 Å². The number of nitrogens with one attached hydrogen (secondary N) is 2. The number of aromatic amines is 1. The molecule has 0 unspecified atom stereocenters. The summed E-state index contributed by atoms with van der Waals surface area (Å²) < 4.78 is 1.14. The van der Waals surface area contributed by atoms with E-state index in [1.165, 1.54) is 11.2 Å². The largest absolute Gasteiger partial charge is 0.380 e. The van der Waals surface area contributed by atoms with E-state index in [9.17, 15) is 0 Å². The Morgan fingerprint density at radius 3 is 2.80 bits per heavy atom. The Kier molecular flexibility index (Phi) is 4.39. The Labute approximate surface area is 133 Å². The first-order chi connectivity index (χ1) is 9.79. The molecular formula is C13H11BrN4S2. The summed E-state index contributed by atoms with van der Waals surface area (Å²) in [5.74, 6) is 0. The van der Waals surface area contributed by atoms with Gasteiger partial charge in [-0.1, -0.05) is 11.8 Å². The molecule has 0 saturated carbocycles. The van der Waals surface area contributed by atoms with Gasteiger partial charge in [-0.2, -0.15) is 5.10 Å². The van der Waals surface area contributed by atoms with Gasteiger partial charge < -0.3 is 5.32 Å². The van der Waals surface area contributed by atoms with E-state index in [1.807, 2.05) is 0 Å². The van der Waals surface area contributed by atoms with Crippen LogP contribution in [-0.2, 0) is 6.54 Å². The molecule has 0 amide bonds. The zero-order chi connectivity index (χ0) is 13.8. The zero-order valence-electron chi connectivity index (χ0n) is 10.3. The van der Waals surface area contributed by atoms with E-state index in [0.29, 0.717) is 0 Å². The molecular weight excluding hydrogens is 356 g/mol. The predicted molar refractivity (Wildman–Crippen MR) is 86.3 cm³/mol. The summed E-state index contributed by atoms with van der Waals surface area (Å²) in [6.45, 7) is 0.838. The number of hydrogen-bond acceptors (Lipinski definition) is 5. The molecule has 7 heteroatoms. The van der Waals surface area contributed by atoms with Gasteiger partial charge in [-0.25, -0.2) is 4.98 Å². The minimum absolute atomic E-state index is 0.800. The lowest BCUT2D eigenvalue weighted by Gasteiger charge is -2.05. The van der Waals surface area contributed by atoms with Gasteiger partial charge >= 0.3 is 0 Å². The number of nitrogens with zero attached hydrogens (tertiary/aromatic N) is 2. The lowest BCUT2D eigenvalue weighted by Crippen LogP contribution is -1.96. The molecule has 1 aromatic carbocycles. The van der Waals surface area contributed by atoms with Crippen LogP contribution < -0.4 is 5.32 Å². The van der Waals surface area contributed by atoms with Gasteiger partial charge in [-0.3, -0.25) is 5.10 Å². The SMILES string of the molecule is Brc1csc(CNc2ccc(Sc3ncn[nH]3)cc2)c1. The molecule has 0 saturated heterocycles.